The second kappa shape index (κ2) is 8.18. The first-order valence-electron chi connectivity index (χ1n) is 10.0. The fraction of sp³-hybridized carbons (Fsp3) is 0.208. The minimum atomic E-state index is -4.61. The Kier molecular flexibility index (Phi) is 5.78. The summed E-state index contributed by atoms with van der Waals surface area (Å²) in [6.07, 6.45) is 0.0579. The highest BCUT2D eigenvalue weighted by atomic mass is 35.5. The van der Waals surface area contributed by atoms with Gasteiger partial charge in [0, 0.05) is 12.2 Å². The van der Waals surface area contributed by atoms with Crippen LogP contribution >= 0.6 is 11.6 Å². The summed E-state index contributed by atoms with van der Waals surface area (Å²) < 4.78 is 65.8. The van der Waals surface area contributed by atoms with Crippen LogP contribution in [0.4, 0.5) is 13.2 Å². The van der Waals surface area contributed by atoms with E-state index in [0.29, 0.717) is 22.4 Å². The predicted molar refractivity (Wildman–Crippen MR) is 123 cm³/mol. The quantitative estimate of drug-likeness (QED) is 0.407. The molecule has 0 aliphatic carbocycles. The molecule has 2 heterocycles. The van der Waals surface area contributed by atoms with Gasteiger partial charge in [0.05, 0.1) is 21.3 Å². The summed E-state index contributed by atoms with van der Waals surface area (Å²) in [5.74, 6) is -0.331. The number of alkyl halides is 3. The maximum atomic E-state index is 13.5. The number of sulfone groups is 1. The van der Waals surface area contributed by atoms with Crippen LogP contribution in [-0.4, -0.2) is 24.5 Å². The van der Waals surface area contributed by atoms with Gasteiger partial charge in [-0.05, 0) is 53.5 Å². The van der Waals surface area contributed by atoms with Gasteiger partial charge in [0.1, 0.15) is 0 Å². The summed E-state index contributed by atoms with van der Waals surface area (Å²) in [5.41, 5.74) is 2.33. The van der Waals surface area contributed by atoms with Crippen LogP contribution in [0.3, 0.4) is 0 Å². The lowest BCUT2D eigenvalue weighted by molar-refractivity contribution is -0.141. The van der Waals surface area contributed by atoms with Crippen LogP contribution in [0.1, 0.15) is 42.3 Å². The number of fused-ring (bicyclic) bond motifs is 3. The molecule has 0 fully saturated rings. The molecule has 3 aromatic rings. The summed E-state index contributed by atoms with van der Waals surface area (Å²) >= 11 is 6.50. The van der Waals surface area contributed by atoms with Crippen LogP contribution in [-0.2, 0) is 16.0 Å². The van der Waals surface area contributed by atoms with Crippen molar-refractivity contribution >= 4 is 32.6 Å². The van der Waals surface area contributed by atoms with E-state index in [1.165, 1.54) is 10.7 Å². The van der Waals surface area contributed by atoms with Crippen LogP contribution in [0.2, 0.25) is 5.02 Å². The number of hydrogen-bond donors (Lipinski definition) is 0. The zero-order valence-electron chi connectivity index (χ0n) is 18.0. The summed E-state index contributed by atoms with van der Waals surface area (Å²) in [6.45, 7) is 3.59. The van der Waals surface area contributed by atoms with Crippen molar-refractivity contribution < 1.29 is 21.6 Å². The van der Waals surface area contributed by atoms with Crippen molar-refractivity contribution in [3.05, 3.63) is 88.2 Å². The van der Waals surface area contributed by atoms with Crippen molar-refractivity contribution in [1.82, 2.24) is 9.78 Å². The Hall–Kier alpha value is -2.84. The molecule has 0 bridgehead atoms. The van der Waals surface area contributed by atoms with Crippen molar-refractivity contribution in [2.24, 2.45) is 0 Å². The lowest BCUT2D eigenvalue weighted by Crippen LogP contribution is -2.11. The van der Waals surface area contributed by atoms with Gasteiger partial charge in [-0.25, -0.2) is 13.1 Å². The van der Waals surface area contributed by atoms with Crippen LogP contribution < -0.4 is 0 Å². The molecule has 1 atom stereocenters. The average molecular weight is 493 g/mol. The standard InChI is InChI=1S/C24H20ClF3N2O2S/c1-14-10-11-18(16-6-4-7-17(12-16)33(3,31)32)15(2)19-8-5-9-20(25)23(19)30-21(14)13-22(29-30)24(26,27)28/h4-13,15H,1-3H3/b14-10+,18-11+. The number of halogens is 4. The zero-order chi connectivity index (χ0) is 24.1. The predicted octanol–water partition coefficient (Wildman–Crippen LogP) is 6.55. The van der Waals surface area contributed by atoms with E-state index in [4.69, 9.17) is 11.6 Å². The normalized spacial score (nSPS) is 19.8. The highest BCUT2D eigenvalue weighted by Gasteiger charge is 2.36. The van der Waals surface area contributed by atoms with Gasteiger partial charge in [0.25, 0.3) is 0 Å². The molecule has 0 amide bonds. The number of aromatic nitrogens is 2. The molecule has 9 heteroatoms. The van der Waals surface area contributed by atoms with Gasteiger partial charge < -0.3 is 0 Å². The van der Waals surface area contributed by atoms with Crippen molar-refractivity contribution in [3.63, 3.8) is 0 Å². The van der Waals surface area contributed by atoms with E-state index in [9.17, 15) is 21.6 Å². The van der Waals surface area contributed by atoms with Crippen LogP contribution in [0.25, 0.3) is 16.8 Å². The first-order chi connectivity index (χ1) is 15.4. The molecule has 33 heavy (non-hydrogen) atoms. The first-order valence-corrected chi connectivity index (χ1v) is 12.3. The Balaban J connectivity index is 2.01. The van der Waals surface area contributed by atoms with E-state index in [2.05, 4.69) is 5.10 Å². The van der Waals surface area contributed by atoms with Gasteiger partial charge >= 0.3 is 6.18 Å². The minimum absolute atomic E-state index is 0.183. The van der Waals surface area contributed by atoms with Crippen LogP contribution in [0, 0.1) is 0 Å². The lowest BCUT2D eigenvalue weighted by Gasteiger charge is -2.21. The van der Waals surface area contributed by atoms with E-state index in [0.717, 1.165) is 17.9 Å². The number of rotatable bonds is 2. The summed E-state index contributed by atoms with van der Waals surface area (Å²) in [5, 5.41) is 4.12. The number of allylic oxidation sites excluding steroid dienone is 4. The Morgan fingerprint density at radius 3 is 2.42 bits per heavy atom. The van der Waals surface area contributed by atoms with Crippen LogP contribution in [0.15, 0.2) is 65.6 Å². The van der Waals surface area contributed by atoms with E-state index in [1.54, 1.807) is 43.3 Å². The third kappa shape index (κ3) is 4.37. The lowest BCUT2D eigenvalue weighted by atomic mass is 9.87. The molecule has 1 unspecified atom stereocenters. The Morgan fingerprint density at radius 2 is 1.76 bits per heavy atom. The van der Waals surface area contributed by atoms with Crippen molar-refractivity contribution in [2.45, 2.75) is 30.8 Å². The maximum absolute atomic E-state index is 13.5. The Labute approximate surface area is 194 Å². The number of hydrogen-bond acceptors (Lipinski definition) is 3. The fourth-order valence-corrected chi connectivity index (χ4v) is 4.87. The summed E-state index contributed by atoms with van der Waals surface area (Å²) in [4.78, 5) is 0.183. The highest BCUT2D eigenvalue weighted by molar-refractivity contribution is 7.90. The zero-order valence-corrected chi connectivity index (χ0v) is 19.6. The summed E-state index contributed by atoms with van der Waals surface area (Å²) in [7, 11) is -3.42. The first kappa shape index (κ1) is 23.3. The molecular weight excluding hydrogens is 473 g/mol. The van der Waals surface area contributed by atoms with E-state index < -0.39 is 21.7 Å². The second-order valence-corrected chi connectivity index (χ2v) is 10.4. The molecule has 4 rings (SSSR count). The molecule has 0 radical (unpaired) electrons. The van der Waals surface area contributed by atoms with Gasteiger partial charge in [0.15, 0.2) is 15.5 Å². The number of nitrogens with zero attached hydrogens (tertiary/aromatic N) is 2. The van der Waals surface area contributed by atoms with Crippen molar-refractivity contribution in [2.75, 3.05) is 6.26 Å². The third-order valence-corrected chi connectivity index (χ3v) is 7.09. The van der Waals surface area contributed by atoms with E-state index in [1.807, 2.05) is 19.1 Å². The van der Waals surface area contributed by atoms with Gasteiger partial charge in [-0.2, -0.15) is 18.3 Å². The minimum Gasteiger partial charge on any atom is -0.231 e. The van der Waals surface area contributed by atoms with Gasteiger partial charge in [-0.1, -0.05) is 54.9 Å². The molecule has 1 aromatic heterocycles. The van der Waals surface area contributed by atoms with Crippen LogP contribution in [0.5, 0.6) is 0 Å². The smallest absolute Gasteiger partial charge is 0.231 e. The SMILES string of the molecule is C/C1=C\C=C(\c2cccc(S(C)(=O)=O)c2)C(C)c2cccc(Cl)c2-n2nc(C(F)(F)F)cc21. The largest absolute Gasteiger partial charge is 0.435 e. The van der Waals surface area contributed by atoms with Gasteiger partial charge in [-0.3, -0.25) is 0 Å². The van der Waals surface area contributed by atoms with Gasteiger partial charge in [-0.15, -0.1) is 0 Å². The third-order valence-electron chi connectivity index (χ3n) is 5.68. The molecule has 1 aliphatic heterocycles. The molecule has 0 saturated heterocycles. The molecule has 4 nitrogen and oxygen atoms in total. The molecule has 172 valence electrons. The van der Waals surface area contributed by atoms with Gasteiger partial charge in [0.2, 0.25) is 0 Å². The maximum Gasteiger partial charge on any atom is 0.435 e. The molecule has 2 aromatic carbocycles. The van der Waals surface area contributed by atoms with Crippen molar-refractivity contribution in [3.8, 4) is 5.69 Å². The highest BCUT2D eigenvalue weighted by Crippen LogP contribution is 2.41. The molecule has 0 spiro atoms. The Morgan fingerprint density at radius 1 is 1.06 bits per heavy atom. The monoisotopic (exact) mass is 492 g/mol. The summed E-state index contributed by atoms with van der Waals surface area (Å²) in [6, 6.07) is 12.7. The second-order valence-electron chi connectivity index (χ2n) is 8.00. The average Bonchev–Trinajstić information content (AvgIpc) is 3.19. The van der Waals surface area contributed by atoms with E-state index >= 15 is 0 Å². The number of benzene rings is 2. The molecular formula is C24H20ClF3N2O2S. The fourth-order valence-electron chi connectivity index (χ4n) is 3.94. The molecule has 1 aliphatic rings. The van der Waals surface area contributed by atoms with E-state index in [-0.39, 0.29) is 21.5 Å². The topological polar surface area (TPSA) is 52.0 Å². The number of para-hydroxylation sites is 1. The molecule has 0 N–H and O–H groups in total. The van der Waals surface area contributed by atoms with Crippen molar-refractivity contribution in [1.29, 1.82) is 0 Å². The Bertz CT molecular complexity index is 1420. The molecule has 0 saturated carbocycles.